The van der Waals surface area contributed by atoms with E-state index in [1.54, 1.807) is 18.2 Å². The summed E-state index contributed by atoms with van der Waals surface area (Å²) in [6.07, 6.45) is 1.71. The van der Waals surface area contributed by atoms with Crippen LogP contribution >= 0.6 is 0 Å². The summed E-state index contributed by atoms with van der Waals surface area (Å²) >= 11 is 0. The normalized spacial score (nSPS) is 16.2. The number of fused-ring (bicyclic) bond motifs is 4. The quantitative estimate of drug-likeness (QED) is 0.100. The highest BCUT2D eigenvalue weighted by molar-refractivity contribution is 6.11. The van der Waals surface area contributed by atoms with Gasteiger partial charge in [-0.3, -0.25) is 14.4 Å². The van der Waals surface area contributed by atoms with E-state index < -0.39 is 18.0 Å². The van der Waals surface area contributed by atoms with Crippen molar-refractivity contribution < 1.29 is 23.9 Å². The third kappa shape index (κ3) is 7.71. The number of amides is 4. The smallest absolute Gasteiger partial charge is 0.407 e. The van der Waals surface area contributed by atoms with Gasteiger partial charge in [0.2, 0.25) is 11.8 Å². The second-order valence-electron chi connectivity index (χ2n) is 14.7. The first kappa shape index (κ1) is 37.8. The number of benzene rings is 5. The second-order valence-corrected chi connectivity index (χ2v) is 14.7. The monoisotopic (exact) mass is 746 g/mol. The number of para-hydroxylation sites is 2. The topological polar surface area (TPSA) is 126 Å². The number of rotatable bonds is 11. The predicted octanol–water partition coefficient (Wildman–Crippen LogP) is 9.04. The molecule has 0 radical (unpaired) electrons. The van der Waals surface area contributed by atoms with E-state index in [2.05, 4.69) is 59.4 Å². The van der Waals surface area contributed by atoms with Gasteiger partial charge in [-0.2, -0.15) is 0 Å². The van der Waals surface area contributed by atoms with Crippen molar-refractivity contribution in [3.8, 4) is 22.3 Å². The van der Waals surface area contributed by atoms with Crippen molar-refractivity contribution in [2.45, 2.75) is 52.1 Å². The molecule has 4 N–H and O–H groups in total. The molecule has 0 fully saturated rings. The fourth-order valence-corrected chi connectivity index (χ4v) is 7.73. The zero-order valence-corrected chi connectivity index (χ0v) is 32.0. The maximum atomic E-state index is 13.9. The molecule has 1 aliphatic heterocycles. The average Bonchev–Trinajstić information content (AvgIpc) is 3.53. The molecule has 0 bridgehead atoms. The van der Waals surface area contributed by atoms with E-state index in [9.17, 15) is 19.2 Å². The summed E-state index contributed by atoms with van der Waals surface area (Å²) in [7, 11) is 0. The Bertz CT molecular complexity index is 2290. The molecule has 0 saturated carbocycles. The molecule has 5 aromatic rings. The van der Waals surface area contributed by atoms with Gasteiger partial charge in [-0.1, -0.05) is 137 Å². The molecule has 0 spiro atoms. The Morgan fingerprint density at radius 3 is 1.75 bits per heavy atom. The highest BCUT2D eigenvalue weighted by Gasteiger charge is 2.33. The summed E-state index contributed by atoms with van der Waals surface area (Å²) in [5.41, 5.74) is 8.92. The van der Waals surface area contributed by atoms with Crippen LogP contribution in [0.3, 0.4) is 0 Å². The molecule has 0 aromatic heterocycles. The number of carbonyl (C=O) groups is 4. The first-order valence-electron chi connectivity index (χ1n) is 19.2. The van der Waals surface area contributed by atoms with Crippen molar-refractivity contribution in [2.75, 3.05) is 17.2 Å². The van der Waals surface area contributed by atoms with Crippen LogP contribution in [0.5, 0.6) is 0 Å². The molecule has 0 saturated heterocycles. The Kier molecular flexibility index (Phi) is 11.1. The number of hydrogen-bond donors (Lipinski definition) is 4. The Labute approximate surface area is 327 Å². The molecular formula is C47H46N4O5. The third-order valence-electron chi connectivity index (χ3n) is 10.8. The van der Waals surface area contributed by atoms with Gasteiger partial charge >= 0.3 is 6.09 Å². The summed E-state index contributed by atoms with van der Waals surface area (Å²) in [5.74, 6) is -1.16. The van der Waals surface area contributed by atoms with Gasteiger partial charge in [-0.05, 0) is 63.4 Å². The van der Waals surface area contributed by atoms with Gasteiger partial charge in [-0.25, -0.2) is 4.79 Å². The fraction of sp³-hybridized carbons (Fsp3) is 0.234. The molecule has 56 heavy (non-hydrogen) atoms. The Hall–Kier alpha value is -6.48. The first-order chi connectivity index (χ1) is 27.1. The summed E-state index contributed by atoms with van der Waals surface area (Å²) in [5, 5.41) is 12.0. The highest BCUT2D eigenvalue weighted by Crippen LogP contribution is 2.44. The van der Waals surface area contributed by atoms with Gasteiger partial charge in [-0.15, -0.1) is 0 Å². The van der Waals surface area contributed by atoms with Crippen LogP contribution in [-0.2, 0) is 14.3 Å². The van der Waals surface area contributed by atoms with Gasteiger partial charge in [0, 0.05) is 40.1 Å². The van der Waals surface area contributed by atoms with E-state index in [0.717, 1.165) is 39.8 Å². The highest BCUT2D eigenvalue weighted by atomic mass is 16.5. The van der Waals surface area contributed by atoms with E-state index in [4.69, 9.17) is 4.74 Å². The van der Waals surface area contributed by atoms with Crippen LogP contribution in [0.2, 0.25) is 0 Å². The Morgan fingerprint density at radius 2 is 1.18 bits per heavy atom. The van der Waals surface area contributed by atoms with E-state index >= 15 is 0 Å². The summed E-state index contributed by atoms with van der Waals surface area (Å²) in [6, 6.07) is 37.1. The third-order valence-corrected chi connectivity index (χ3v) is 10.8. The summed E-state index contributed by atoms with van der Waals surface area (Å²) in [6.45, 7) is 7.97. The van der Waals surface area contributed by atoms with Crippen LogP contribution in [0.4, 0.5) is 16.2 Å². The number of ether oxygens (including phenoxy) is 1. The number of carbonyl (C=O) groups excluding carboxylic acids is 4. The number of hydrogen-bond acceptors (Lipinski definition) is 5. The van der Waals surface area contributed by atoms with E-state index in [-0.39, 0.29) is 42.2 Å². The molecule has 0 unspecified atom stereocenters. The first-order valence-corrected chi connectivity index (χ1v) is 19.2. The average molecular weight is 747 g/mol. The SMILES string of the molecule is CC[C@H](C)[C@@H]1NC(=O)c2ccccc2/C1=C/C(=O)Nc1ccccc1-c1ccccc1NC(=O)[C@@H](NC(=O)OCC1c2ccccc2-c2ccccc21)C(C)C. The standard InChI is InChI=1S/C47H46N4O5/c1-5-29(4)44-38(34-20-10-11-23-37(34)45(53)50-44)26-42(52)48-40-24-14-12-21-35(40)36-22-13-15-25-41(36)49-46(54)43(28(2)3)51-47(55)56-27-39-32-18-8-6-16-30(32)31-17-7-9-19-33(31)39/h6-26,28-29,39,43-44H,5,27H2,1-4H3,(H,48,52)(H,49,54)(H,50,53)(H,51,55)/b38-26-/t29-,43-,44-/m0/s1. The molecular weight excluding hydrogens is 701 g/mol. The molecule has 1 heterocycles. The maximum absolute atomic E-state index is 13.9. The van der Waals surface area contributed by atoms with Crippen molar-refractivity contribution in [1.29, 1.82) is 0 Å². The van der Waals surface area contributed by atoms with Crippen molar-refractivity contribution in [3.05, 3.63) is 150 Å². The van der Waals surface area contributed by atoms with Crippen molar-refractivity contribution in [2.24, 2.45) is 11.8 Å². The summed E-state index contributed by atoms with van der Waals surface area (Å²) in [4.78, 5) is 53.9. The van der Waals surface area contributed by atoms with Crippen LogP contribution in [0.15, 0.2) is 127 Å². The maximum Gasteiger partial charge on any atom is 0.407 e. The summed E-state index contributed by atoms with van der Waals surface area (Å²) < 4.78 is 5.78. The number of nitrogens with one attached hydrogen (secondary N) is 4. The van der Waals surface area contributed by atoms with Crippen LogP contribution in [-0.4, -0.2) is 42.5 Å². The van der Waals surface area contributed by atoms with Crippen LogP contribution in [0.1, 0.15) is 67.1 Å². The van der Waals surface area contributed by atoms with Crippen LogP contribution < -0.4 is 21.3 Å². The Morgan fingerprint density at radius 1 is 0.679 bits per heavy atom. The minimum absolute atomic E-state index is 0.0995. The lowest BCUT2D eigenvalue weighted by Crippen LogP contribution is -2.47. The van der Waals surface area contributed by atoms with Crippen molar-refractivity contribution in [1.82, 2.24) is 10.6 Å². The molecule has 7 rings (SSSR count). The van der Waals surface area contributed by atoms with E-state index in [1.807, 2.05) is 98.8 Å². The lowest BCUT2D eigenvalue weighted by molar-refractivity contribution is -0.119. The minimum atomic E-state index is -0.891. The fourth-order valence-electron chi connectivity index (χ4n) is 7.73. The predicted molar refractivity (Wildman–Crippen MR) is 221 cm³/mol. The zero-order chi connectivity index (χ0) is 39.3. The Balaban J connectivity index is 1.07. The molecule has 5 aromatic carbocycles. The molecule has 3 atom stereocenters. The van der Waals surface area contributed by atoms with Gasteiger partial charge < -0.3 is 26.0 Å². The van der Waals surface area contributed by atoms with Crippen LogP contribution in [0, 0.1) is 11.8 Å². The molecule has 9 heteroatoms. The van der Waals surface area contributed by atoms with Crippen LogP contribution in [0.25, 0.3) is 27.8 Å². The second kappa shape index (κ2) is 16.5. The van der Waals surface area contributed by atoms with E-state index in [1.165, 1.54) is 0 Å². The molecule has 1 aliphatic carbocycles. The largest absolute Gasteiger partial charge is 0.449 e. The molecule has 4 amide bonds. The van der Waals surface area contributed by atoms with Gasteiger partial charge in [0.25, 0.3) is 5.91 Å². The van der Waals surface area contributed by atoms with Gasteiger partial charge in [0.15, 0.2) is 0 Å². The minimum Gasteiger partial charge on any atom is -0.449 e. The molecule has 284 valence electrons. The lowest BCUT2D eigenvalue weighted by Gasteiger charge is -2.32. The number of alkyl carbamates (subject to hydrolysis) is 1. The van der Waals surface area contributed by atoms with E-state index in [0.29, 0.717) is 28.1 Å². The number of anilines is 2. The zero-order valence-electron chi connectivity index (χ0n) is 32.0. The van der Waals surface area contributed by atoms with Crippen molar-refractivity contribution >= 4 is 40.8 Å². The lowest BCUT2D eigenvalue weighted by atomic mass is 9.82. The van der Waals surface area contributed by atoms with Crippen molar-refractivity contribution in [3.63, 3.8) is 0 Å². The molecule has 9 nitrogen and oxygen atoms in total. The molecule has 2 aliphatic rings. The van der Waals surface area contributed by atoms with Gasteiger partial charge in [0.05, 0.1) is 6.04 Å². The van der Waals surface area contributed by atoms with Gasteiger partial charge in [0.1, 0.15) is 12.6 Å².